The van der Waals surface area contributed by atoms with Crippen molar-refractivity contribution in [2.45, 2.75) is 31.6 Å². The van der Waals surface area contributed by atoms with Crippen LogP contribution in [0.5, 0.6) is 0 Å². The van der Waals surface area contributed by atoms with Crippen LogP contribution in [-0.4, -0.2) is 40.1 Å². The fourth-order valence-electron chi connectivity index (χ4n) is 3.81. The molecular weight excluding hydrogens is 438 g/mol. The fraction of sp³-hybridized carbons (Fsp3) is 0.320. The first kappa shape index (κ1) is 23.1. The zero-order valence-corrected chi connectivity index (χ0v) is 19.5. The predicted octanol–water partition coefficient (Wildman–Crippen LogP) is 4.41. The number of H-pyrrole nitrogens is 1. The van der Waals surface area contributed by atoms with E-state index in [-0.39, 0.29) is 12.1 Å². The third-order valence-corrected chi connectivity index (χ3v) is 6.73. The van der Waals surface area contributed by atoms with Gasteiger partial charge in [-0.3, -0.25) is 4.79 Å². The monoisotopic (exact) mass is 465 g/mol. The van der Waals surface area contributed by atoms with E-state index < -0.39 is 11.7 Å². The number of hydrogen-bond donors (Lipinski definition) is 3. The van der Waals surface area contributed by atoms with Crippen molar-refractivity contribution in [3.05, 3.63) is 75.7 Å². The van der Waals surface area contributed by atoms with Gasteiger partial charge in [-0.25, -0.2) is 9.78 Å². The molecule has 0 spiro atoms. The lowest BCUT2D eigenvalue weighted by molar-refractivity contribution is -0.0193. The first-order chi connectivity index (χ1) is 15.8. The molecule has 4 rings (SSSR count). The number of aromatic nitrogens is 2. The highest BCUT2D eigenvalue weighted by atomic mass is 32.2. The van der Waals surface area contributed by atoms with Crippen LogP contribution in [0.3, 0.4) is 0 Å². The molecule has 0 aliphatic carbocycles. The molecule has 0 bridgehead atoms. The number of rotatable bonds is 7. The molecular formula is C25H27N3O4S. The highest BCUT2D eigenvalue weighted by molar-refractivity contribution is 7.98. The Morgan fingerprint density at radius 2 is 1.76 bits per heavy atom. The average molecular weight is 466 g/mol. The van der Waals surface area contributed by atoms with Crippen LogP contribution in [0.1, 0.15) is 30.7 Å². The first-order valence-corrected chi connectivity index (χ1v) is 12.0. The van der Waals surface area contributed by atoms with Crippen LogP contribution in [0.25, 0.3) is 22.5 Å². The van der Waals surface area contributed by atoms with E-state index in [2.05, 4.69) is 10.3 Å². The summed E-state index contributed by atoms with van der Waals surface area (Å²) < 4.78 is 5.86. The Hall–Kier alpha value is -3.10. The third kappa shape index (κ3) is 5.46. The minimum Gasteiger partial charge on any atom is -0.465 e. The van der Waals surface area contributed by atoms with Gasteiger partial charge in [0, 0.05) is 23.4 Å². The number of hydrogen-bond acceptors (Lipinski definition) is 5. The van der Waals surface area contributed by atoms with Gasteiger partial charge in [-0.15, -0.1) is 0 Å². The second kappa shape index (κ2) is 9.80. The molecule has 1 aromatic heterocycles. The third-order valence-electron chi connectivity index (χ3n) is 5.74. The van der Waals surface area contributed by atoms with E-state index in [4.69, 9.17) is 14.8 Å². The molecule has 1 amide bonds. The average Bonchev–Trinajstić information content (AvgIpc) is 2.82. The molecule has 7 nitrogen and oxygen atoms in total. The number of nitrogens with one attached hydrogen (secondary N) is 2. The quantitative estimate of drug-likeness (QED) is 0.447. The number of aromatic amines is 1. The highest BCUT2D eigenvalue weighted by Crippen LogP contribution is 2.29. The molecule has 3 aromatic rings. The zero-order chi connectivity index (χ0) is 23.4. The van der Waals surface area contributed by atoms with E-state index in [0.29, 0.717) is 12.4 Å². The van der Waals surface area contributed by atoms with E-state index in [1.54, 1.807) is 11.8 Å². The summed E-state index contributed by atoms with van der Waals surface area (Å²) in [6, 6.07) is 16.1. The lowest BCUT2D eigenvalue weighted by Crippen LogP contribution is -2.30. The van der Waals surface area contributed by atoms with Crippen LogP contribution in [0, 0.1) is 0 Å². The zero-order valence-electron chi connectivity index (χ0n) is 18.7. The predicted molar refractivity (Wildman–Crippen MR) is 131 cm³/mol. The summed E-state index contributed by atoms with van der Waals surface area (Å²) in [6.07, 6.45) is -0.225. The number of fused-ring (bicyclic) bond motifs is 1. The van der Waals surface area contributed by atoms with Crippen LogP contribution < -0.4 is 10.9 Å². The number of carbonyl (C=O) groups is 1. The summed E-state index contributed by atoms with van der Waals surface area (Å²) in [7, 11) is 0. The summed E-state index contributed by atoms with van der Waals surface area (Å²) in [5.74, 6) is 2.34. The molecule has 0 radical (unpaired) electrons. The van der Waals surface area contributed by atoms with Crippen molar-refractivity contribution >= 4 is 17.9 Å². The van der Waals surface area contributed by atoms with Gasteiger partial charge in [-0.05, 0) is 42.7 Å². The maximum absolute atomic E-state index is 12.4. The van der Waals surface area contributed by atoms with Gasteiger partial charge in [-0.2, -0.15) is 11.8 Å². The number of thioether (sulfide) groups is 1. The van der Waals surface area contributed by atoms with Crippen LogP contribution in [-0.2, 0) is 22.5 Å². The van der Waals surface area contributed by atoms with Crippen molar-refractivity contribution in [3.63, 3.8) is 0 Å². The molecule has 1 aliphatic heterocycles. The number of ether oxygens (including phenoxy) is 1. The Morgan fingerprint density at radius 3 is 2.42 bits per heavy atom. The Kier molecular flexibility index (Phi) is 6.85. The van der Waals surface area contributed by atoms with Gasteiger partial charge in [0.15, 0.2) is 0 Å². The van der Waals surface area contributed by atoms with Crippen LogP contribution in [0.2, 0.25) is 0 Å². The molecule has 1 aliphatic rings. The Labute approximate surface area is 196 Å². The summed E-state index contributed by atoms with van der Waals surface area (Å²) in [5.41, 5.74) is 5.16. The minimum atomic E-state index is -1.06. The molecule has 0 unspecified atom stereocenters. The summed E-state index contributed by atoms with van der Waals surface area (Å²) >= 11 is 1.77. The van der Waals surface area contributed by atoms with Crippen molar-refractivity contribution in [1.29, 1.82) is 0 Å². The molecule has 33 heavy (non-hydrogen) atoms. The minimum absolute atomic E-state index is 0.0366. The van der Waals surface area contributed by atoms with E-state index in [1.165, 1.54) is 0 Å². The van der Waals surface area contributed by atoms with E-state index in [0.717, 1.165) is 51.4 Å². The van der Waals surface area contributed by atoms with Gasteiger partial charge in [0.1, 0.15) is 5.82 Å². The highest BCUT2D eigenvalue weighted by Gasteiger charge is 2.21. The maximum atomic E-state index is 12.4. The molecule has 0 atom stereocenters. The van der Waals surface area contributed by atoms with E-state index in [1.807, 2.05) is 62.4 Å². The Balaban J connectivity index is 1.47. The lowest BCUT2D eigenvalue weighted by atomic mass is 9.95. The molecule has 0 saturated carbocycles. The first-order valence-electron chi connectivity index (χ1n) is 10.9. The van der Waals surface area contributed by atoms with Crippen molar-refractivity contribution < 1.29 is 14.6 Å². The van der Waals surface area contributed by atoms with E-state index in [9.17, 15) is 9.59 Å². The molecule has 2 aromatic carbocycles. The second-order valence-corrected chi connectivity index (χ2v) is 9.49. The summed E-state index contributed by atoms with van der Waals surface area (Å²) in [4.78, 5) is 30.6. The smallest absolute Gasteiger partial charge is 0.404 e. The van der Waals surface area contributed by atoms with Crippen molar-refractivity contribution in [1.82, 2.24) is 15.3 Å². The van der Waals surface area contributed by atoms with Gasteiger partial charge in [0.05, 0.1) is 17.9 Å². The normalized spacial score (nSPS) is 13.4. The lowest BCUT2D eigenvalue weighted by Gasteiger charge is -2.26. The van der Waals surface area contributed by atoms with Gasteiger partial charge >= 0.3 is 6.09 Å². The van der Waals surface area contributed by atoms with E-state index >= 15 is 0 Å². The number of amides is 1. The fourth-order valence-corrected chi connectivity index (χ4v) is 4.80. The van der Waals surface area contributed by atoms with Crippen molar-refractivity contribution in [3.8, 4) is 22.5 Å². The van der Waals surface area contributed by atoms with Crippen molar-refractivity contribution in [2.24, 2.45) is 0 Å². The van der Waals surface area contributed by atoms with Crippen LogP contribution in [0.15, 0.2) is 53.3 Å². The number of nitrogens with zero attached hydrogens (tertiary/aromatic N) is 1. The largest absolute Gasteiger partial charge is 0.465 e. The Bertz CT molecular complexity index is 1190. The van der Waals surface area contributed by atoms with Gasteiger partial charge in [0.2, 0.25) is 0 Å². The van der Waals surface area contributed by atoms with Gasteiger partial charge in [0.25, 0.3) is 5.56 Å². The molecule has 3 N–H and O–H groups in total. The topological polar surface area (TPSA) is 104 Å². The van der Waals surface area contributed by atoms with Gasteiger partial charge < -0.3 is 20.1 Å². The standard InChI is InChI=1S/C25H27N3O4S/c1-25(2,32-13-12-26-24(30)31)19-9-7-17(8-10-19)16-3-5-18(6-4-16)22-27-21-11-14-33-15-20(21)23(29)28-22/h3-10,26H,11-15H2,1-2H3,(H,30,31)(H,27,28,29). The molecule has 8 heteroatoms. The molecule has 0 fully saturated rings. The van der Waals surface area contributed by atoms with Gasteiger partial charge in [-0.1, -0.05) is 48.5 Å². The molecule has 172 valence electrons. The molecule has 2 heterocycles. The number of benzene rings is 2. The maximum Gasteiger partial charge on any atom is 0.404 e. The number of carboxylic acid groups (broad SMARTS) is 1. The SMILES string of the molecule is CC(C)(OCCNC(=O)O)c1ccc(-c2ccc(-c3nc4c(c(=O)[nH]3)CSCC4)cc2)cc1. The Morgan fingerprint density at radius 1 is 1.12 bits per heavy atom. The van der Waals surface area contributed by atoms with Crippen LogP contribution >= 0.6 is 11.8 Å². The van der Waals surface area contributed by atoms with Crippen molar-refractivity contribution in [2.75, 3.05) is 18.9 Å². The molecule has 0 saturated heterocycles. The summed E-state index contributed by atoms with van der Waals surface area (Å²) in [6.45, 7) is 4.46. The number of aryl methyl sites for hydroxylation is 1. The second-order valence-electron chi connectivity index (χ2n) is 8.39. The summed E-state index contributed by atoms with van der Waals surface area (Å²) in [5, 5.41) is 11.0. The van der Waals surface area contributed by atoms with Crippen LogP contribution in [0.4, 0.5) is 4.79 Å².